The number of hydrogen-bond acceptors (Lipinski definition) is 6. The van der Waals surface area contributed by atoms with Gasteiger partial charge in [-0.3, -0.25) is 0 Å². The zero-order valence-electron chi connectivity index (χ0n) is 14.8. The summed E-state index contributed by atoms with van der Waals surface area (Å²) in [5, 5.41) is 0. The monoisotopic (exact) mass is 358 g/mol. The van der Waals surface area contributed by atoms with Crippen LogP contribution in [-0.2, 0) is 11.3 Å². The maximum atomic E-state index is 12.1. The van der Waals surface area contributed by atoms with E-state index in [1.807, 2.05) is 18.2 Å². The van der Waals surface area contributed by atoms with Gasteiger partial charge in [0.15, 0.2) is 17.6 Å². The Bertz CT molecular complexity index is 763. The zero-order chi connectivity index (χ0) is 18.5. The lowest BCUT2D eigenvalue weighted by molar-refractivity contribution is 0.102. The predicted molar refractivity (Wildman–Crippen MR) is 96.6 cm³/mol. The van der Waals surface area contributed by atoms with Crippen LogP contribution >= 0.6 is 0 Å². The number of amides is 1. The molecule has 1 fully saturated rings. The molecule has 2 N–H and O–H groups in total. The third-order valence-corrected chi connectivity index (χ3v) is 4.09. The van der Waals surface area contributed by atoms with Gasteiger partial charge in [0.05, 0.1) is 20.8 Å². The van der Waals surface area contributed by atoms with Crippen LogP contribution in [0.1, 0.15) is 5.56 Å². The molecule has 3 rings (SSSR count). The summed E-state index contributed by atoms with van der Waals surface area (Å²) in [5.74, 6) is 1.96. The van der Waals surface area contributed by atoms with Gasteiger partial charge in [-0.2, -0.15) is 0 Å². The van der Waals surface area contributed by atoms with E-state index < -0.39 is 0 Å². The quantitative estimate of drug-likeness (QED) is 0.766. The molecule has 0 aromatic heterocycles. The van der Waals surface area contributed by atoms with Crippen molar-refractivity contribution < 1.29 is 23.7 Å². The van der Waals surface area contributed by atoms with Gasteiger partial charge in [-0.05, 0) is 42.0 Å². The second-order valence-corrected chi connectivity index (χ2v) is 5.96. The molecule has 7 heteroatoms. The molecule has 1 atom stereocenters. The molecule has 1 aliphatic rings. The average Bonchev–Trinajstić information content (AvgIpc) is 3.00. The lowest BCUT2D eigenvalue weighted by Gasteiger charge is -2.15. The number of benzene rings is 2. The second kappa shape index (κ2) is 7.86. The van der Waals surface area contributed by atoms with Gasteiger partial charge >= 0.3 is 6.09 Å². The first-order chi connectivity index (χ1) is 12.6. The first-order valence-corrected chi connectivity index (χ1v) is 8.24. The minimum atomic E-state index is -0.356. The number of carbonyl (C=O) groups is 1. The lowest BCUT2D eigenvalue weighted by atomic mass is 10.2. The van der Waals surface area contributed by atoms with Crippen LogP contribution < -0.4 is 19.9 Å². The minimum Gasteiger partial charge on any atom is -0.493 e. The third kappa shape index (κ3) is 4.11. The average molecular weight is 358 g/mol. The number of ether oxygens (including phenoxy) is 4. The van der Waals surface area contributed by atoms with Crippen molar-refractivity contribution in [1.82, 2.24) is 4.90 Å². The highest BCUT2D eigenvalue weighted by molar-refractivity contribution is 5.70. The molecule has 0 bridgehead atoms. The number of nitrogens with zero attached hydrogens (tertiary/aromatic N) is 1. The summed E-state index contributed by atoms with van der Waals surface area (Å²) < 4.78 is 21.6. The molecule has 1 amide bonds. The first kappa shape index (κ1) is 17.7. The standard InChI is InChI=1S/C19H22N2O5/c1-23-17-8-3-13(9-18(17)24-2)10-21-11-16(26-19(21)22)12-25-15-6-4-14(20)5-7-15/h3-9,16H,10-12,20H2,1-2H3. The molecule has 1 heterocycles. The van der Waals surface area contributed by atoms with E-state index in [-0.39, 0.29) is 18.8 Å². The van der Waals surface area contributed by atoms with E-state index in [0.717, 1.165) is 5.56 Å². The smallest absolute Gasteiger partial charge is 0.410 e. The Hall–Kier alpha value is -3.09. The van der Waals surface area contributed by atoms with Gasteiger partial charge in [-0.25, -0.2) is 4.79 Å². The largest absolute Gasteiger partial charge is 0.493 e. The predicted octanol–water partition coefficient (Wildman–Crippen LogP) is 2.69. The first-order valence-electron chi connectivity index (χ1n) is 8.24. The SMILES string of the molecule is COc1ccc(CN2CC(COc3ccc(N)cc3)OC2=O)cc1OC. The molecule has 1 saturated heterocycles. The number of anilines is 1. The maximum Gasteiger partial charge on any atom is 0.410 e. The topological polar surface area (TPSA) is 83.3 Å². The highest BCUT2D eigenvalue weighted by atomic mass is 16.6. The molecule has 0 radical (unpaired) electrons. The van der Waals surface area contributed by atoms with E-state index in [2.05, 4.69) is 0 Å². The fourth-order valence-corrected chi connectivity index (χ4v) is 2.74. The molecule has 26 heavy (non-hydrogen) atoms. The van der Waals surface area contributed by atoms with Crippen LogP contribution in [0.5, 0.6) is 17.2 Å². The number of methoxy groups -OCH3 is 2. The highest BCUT2D eigenvalue weighted by Gasteiger charge is 2.31. The van der Waals surface area contributed by atoms with Crippen LogP contribution in [0.25, 0.3) is 0 Å². The van der Waals surface area contributed by atoms with E-state index >= 15 is 0 Å². The van der Waals surface area contributed by atoms with Crippen LogP contribution in [0.3, 0.4) is 0 Å². The van der Waals surface area contributed by atoms with Gasteiger partial charge < -0.3 is 29.6 Å². The van der Waals surface area contributed by atoms with Gasteiger partial charge in [0.1, 0.15) is 12.4 Å². The number of nitrogens with two attached hydrogens (primary N) is 1. The minimum absolute atomic E-state index is 0.290. The molecule has 0 spiro atoms. The molecule has 138 valence electrons. The van der Waals surface area contributed by atoms with E-state index in [4.69, 9.17) is 24.7 Å². The van der Waals surface area contributed by atoms with E-state index in [0.29, 0.717) is 36.0 Å². The van der Waals surface area contributed by atoms with Crippen molar-refractivity contribution in [2.45, 2.75) is 12.6 Å². The van der Waals surface area contributed by atoms with E-state index in [1.54, 1.807) is 43.4 Å². The zero-order valence-corrected chi connectivity index (χ0v) is 14.8. The molecule has 1 unspecified atom stereocenters. The summed E-state index contributed by atoms with van der Waals surface area (Å²) in [5.41, 5.74) is 7.25. The number of carbonyl (C=O) groups excluding carboxylic acids is 1. The molecule has 2 aromatic carbocycles. The third-order valence-electron chi connectivity index (χ3n) is 4.09. The molecule has 1 aliphatic heterocycles. The highest BCUT2D eigenvalue weighted by Crippen LogP contribution is 2.28. The molecular weight excluding hydrogens is 336 g/mol. The summed E-state index contributed by atoms with van der Waals surface area (Å²) >= 11 is 0. The molecule has 0 aliphatic carbocycles. The lowest BCUT2D eigenvalue weighted by Crippen LogP contribution is -2.26. The van der Waals surface area contributed by atoms with Crippen molar-refractivity contribution in [3.8, 4) is 17.2 Å². The van der Waals surface area contributed by atoms with Crippen molar-refractivity contribution >= 4 is 11.8 Å². The molecule has 7 nitrogen and oxygen atoms in total. The molecule has 2 aromatic rings. The van der Waals surface area contributed by atoms with Crippen molar-refractivity contribution in [1.29, 1.82) is 0 Å². The Balaban J connectivity index is 1.57. The summed E-state index contributed by atoms with van der Waals surface area (Å²) in [6, 6.07) is 12.7. The number of cyclic esters (lactones) is 1. The van der Waals surface area contributed by atoms with Gasteiger partial charge in [0, 0.05) is 12.2 Å². The molecule has 0 saturated carbocycles. The van der Waals surface area contributed by atoms with E-state index in [9.17, 15) is 4.79 Å². The van der Waals surface area contributed by atoms with Gasteiger partial charge in [-0.15, -0.1) is 0 Å². The van der Waals surface area contributed by atoms with Gasteiger partial charge in [0.25, 0.3) is 0 Å². The van der Waals surface area contributed by atoms with Gasteiger partial charge in [0.2, 0.25) is 0 Å². The van der Waals surface area contributed by atoms with E-state index in [1.165, 1.54) is 0 Å². The van der Waals surface area contributed by atoms with Crippen LogP contribution in [-0.4, -0.2) is 44.5 Å². The summed E-state index contributed by atoms with van der Waals surface area (Å²) in [7, 11) is 3.16. The van der Waals surface area contributed by atoms with Crippen molar-refractivity contribution in [3.05, 3.63) is 48.0 Å². The number of hydrogen-bond donors (Lipinski definition) is 1. The van der Waals surface area contributed by atoms with Crippen molar-refractivity contribution in [2.24, 2.45) is 0 Å². The van der Waals surface area contributed by atoms with Crippen LogP contribution in [0.4, 0.5) is 10.5 Å². The Kier molecular flexibility index (Phi) is 5.36. The van der Waals surface area contributed by atoms with Crippen molar-refractivity contribution in [2.75, 3.05) is 33.1 Å². The fourth-order valence-electron chi connectivity index (χ4n) is 2.74. The Morgan fingerprint density at radius 1 is 1.12 bits per heavy atom. The van der Waals surface area contributed by atoms with Gasteiger partial charge in [-0.1, -0.05) is 6.07 Å². The summed E-state index contributed by atoms with van der Waals surface area (Å²) in [4.78, 5) is 13.7. The van der Waals surface area contributed by atoms with Crippen LogP contribution in [0.15, 0.2) is 42.5 Å². The number of nitrogen functional groups attached to an aromatic ring is 1. The second-order valence-electron chi connectivity index (χ2n) is 5.96. The number of rotatable bonds is 7. The van der Waals surface area contributed by atoms with Crippen molar-refractivity contribution in [3.63, 3.8) is 0 Å². The maximum absolute atomic E-state index is 12.1. The Morgan fingerprint density at radius 3 is 2.54 bits per heavy atom. The fraction of sp³-hybridized carbons (Fsp3) is 0.316. The Morgan fingerprint density at radius 2 is 1.85 bits per heavy atom. The van der Waals surface area contributed by atoms with Crippen LogP contribution in [0, 0.1) is 0 Å². The normalized spacial score (nSPS) is 16.3. The van der Waals surface area contributed by atoms with Crippen LogP contribution in [0.2, 0.25) is 0 Å². The summed E-state index contributed by atoms with van der Waals surface area (Å²) in [6.45, 7) is 1.18. The summed E-state index contributed by atoms with van der Waals surface area (Å²) in [6.07, 6.45) is -0.675. The molecular formula is C19H22N2O5. The Labute approximate surface area is 152 Å².